The lowest BCUT2D eigenvalue weighted by Gasteiger charge is -2.33. The van der Waals surface area contributed by atoms with Crippen molar-refractivity contribution in [2.75, 3.05) is 4.90 Å². The van der Waals surface area contributed by atoms with E-state index in [9.17, 15) is 0 Å². The molecule has 0 saturated heterocycles. The van der Waals surface area contributed by atoms with E-state index in [0.717, 1.165) is 11.4 Å². The van der Waals surface area contributed by atoms with Crippen LogP contribution in [0.4, 0.5) is 17.1 Å². The Hall–Kier alpha value is -4.10. The first-order chi connectivity index (χ1) is 19.5. The molecule has 1 unspecified atom stereocenters. The maximum absolute atomic E-state index is 2.36. The van der Waals surface area contributed by atoms with Crippen LogP contribution < -0.4 is 4.90 Å². The van der Waals surface area contributed by atoms with Gasteiger partial charge in [0.15, 0.2) is 0 Å². The average molecular weight is 538 g/mol. The van der Waals surface area contributed by atoms with Crippen LogP contribution in [0, 0.1) is 12.3 Å². The van der Waals surface area contributed by atoms with Gasteiger partial charge >= 0.3 is 0 Å². The molecule has 0 radical (unpaired) electrons. The number of nitrogens with zero attached hydrogens (tertiary/aromatic N) is 1. The van der Waals surface area contributed by atoms with E-state index in [2.05, 4.69) is 181 Å². The summed E-state index contributed by atoms with van der Waals surface area (Å²) in [6.45, 7) is 15.9. The number of aryl methyl sites for hydroxylation is 1. The lowest BCUT2D eigenvalue weighted by Crippen LogP contribution is -2.20. The fourth-order valence-electron chi connectivity index (χ4n) is 5.76. The lowest BCUT2D eigenvalue weighted by molar-refractivity contribution is 0.358. The molecule has 0 spiro atoms. The van der Waals surface area contributed by atoms with Gasteiger partial charge in [-0.3, -0.25) is 0 Å². The second kappa shape index (κ2) is 11.4. The first-order valence-corrected chi connectivity index (χ1v) is 14.7. The van der Waals surface area contributed by atoms with E-state index in [0.29, 0.717) is 0 Å². The summed E-state index contributed by atoms with van der Waals surface area (Å²) < 4.78 is 0. The van der Waals surface area contributed by atoms with Crippen LogP contribution >= 0.6 is 0 Å². The quantitative estimate of drug-likeness (QED) is 0.208. The standard InChI is InChI=1S/C40H43N/c1-29-13-23-35(24-14-29)41(37-27-21-34(22-28-37)39(2,3)4)36-25-19-33(20-26-36)38(40(5,6)7)32-17-15-31(16-18-32)30-11-9-8-10-12-30/h8-28,38H,1-7H3. The van der Waals surface area contributed by atoms with E-state index in [-0.39, 0.29) is 16.7 Å². The van der Waals surface area contributed by atoms with Crippen molar-refractivity contribution in [3.63, 3.8) is 0 Å². The summed E-state index contributed by atoms with van der Waals surface area (Å²) in [6.07, 6.45) is 0. The molecular formula is C40H43N. The zero-order valence-corrected chi connectivity index (χ0v) is 25.6. The summed E-state index contributed by atoms with van der Waals surface area (Å²) in [7, 11) is 0. The van der Waals surface area contributed by atoms with Crippen LogP contribution in [0.1, 0.15) is 69.7 Å². The highest BCUT2D eigenvalue weighted by Gasteiger charge is 2.28. The van der Waals surface area contributed by atoms with Gasteiger partial charge in [0.25, 0.3) is 0 Å². The Morgan fingerprint density at radius 2 is 0.878 bits per heavy atom. The fraction of sp³-hybridized carbons (Fsp3) is 0.250. The van der Waals surface area contributed by atoms with Crippen molar-refractivity contribution in [2.24, 2.45) is 5.41 Å². The first-order valence-electron chi connectivity index (χ1n) is 14.7. The Bertz CT molecular complexity index is 1550. The summed E-state index contributed by atoms with van der Waals surface area (Å²) in [4.78, 5) is 2.36. The van der Waals surface area contributed by atoms with Crippen molar-refractivity contribution in [3.8, 4) is 11.1 Å². The summed E-state index contributed by atoms with van der Waals surface area (Å²) in [5, 5.41) is 0. The summed E-state index contributed by atoms with van der Waals surface area (Å²) >= 11 is 0. The molecule has 0 aliphatic rings. The Kier molecular flexibility index (Phi) is 7.91. The number of rotatable bonds is 6. The SMILES string of the molecule is Cc1ccc(N(c2ccc(C(c3ccc(-c4ccccc4)cc3)C(C)(C)C)cc2)c2ccc(C(C)(C)C)cc2)cc1. The average Bonchev–Trinajstić information content (AvgIpc) is 2.95. The van der Waals surface area contributed by atoms with E-state index < -0.39 is 0 Å². The van der Waals surface area contributed by atoms with Gasteiger partial charge in [0.2, 0.25) is 0 Å². The smallest absolute Gasteiger partial charge is 0.0461 e. The molecule has 5 aromatic carbocycles. The van der Waals surface area contributed by atoms with Gasteiger partial charge in [0.05, 0.1) is 0 Å². The van der Waals surface area contributed by atoms with Gasteiger partial charge in [-0.2, -0.15) is 0 Å². The Morgan fingerprint density at radius 1 is 0.463 bits per heavy atom. The molecule has 0 saturated carbocycles. The van der Waals surface area contributed by atoms with Crippen molar-refractivity contribution in [1.29, 1.82) is 0 Å². The summed E-state index contributed by atoms with van der Waals surface area (Å²) in [6, 6.07) is 46.8. The molecule has 1 nitrogen and oxygen atoms in total. The van der Waals surface area contributed by atoms with Crippen LogP contribution in [-0.2, 0) is 5.41 Å². The van der Waals surface area contributed by atoms with E-state index in [4.69, 9.17) is 0 Å². The molecular weight excluding hydrogens is 494 g/mol. The van der Waals surface area contributed by atoms with Gasteiger partial charge in [0, 0.05) is 23.0 Å². The molecule has 0 bridgehead atoms. The minimum atomic E-state index is 0.0647. The Morgan fingerprint density at radius 3 is 1.34 bits per heavy atom. The number of hydrogen-bond donors (Lipinski definition) is 0. The van der Waals surface area contributed by atoms with Gasteiger partial charge < -0.3 is 4.90 Å². The van der Waals surface area contributed by atoms with Gasteiger partial charge in [0.1, 0.15) is 0 Å². The lowest BCUT2D eigenvalue weighted by atomic mass is 9.72. The molecule has 0 aromatic heterocycles. The summed E-state index contributed by atoms with van der Waals surface area (Å²) in [5.74, 6) is 0.278. The zero-order chi connectivity index (χ0) is 29.2. The Balaban J connectivity index is 1.51. The van der Waals surface area contributed by atoms with Crippen LogP contribution in [0.3, 0.4) is 0 Å². The van der Waals surface area contributed by atoms with Crippen LogP contribution in [0.5, 0.6) is 0 Å². The topological polar surface area (TPSA) is 3.24 Å². The van der Waals surface area contributed by atoms with Crippen molar-refractivity contribution >= 4 is 17.1 Å². The number of benzene rings is 5. The number of hydrogen-bond acceptors (Lipinski definition) is 1. The van der Waals surface area contributed by atoms with Crippen LogP contribution in [-0.4, -0.2) is 0 Å². The number of anilines is 3. The van der Waals surface area contributed by atoms with Gasteiger partial charge in [-0.25, -0.2) is 0 Å². The molecule has 0 fully saturated rings. The fourth-order valence-corrected chi connectivity index (χ4v) is 5.76. The van der Waals surface area contributed by atoms with Crippen LogP contribution in [0.25, 0.3) is 11.1 Å². The minimum Gasteiger partial charge on any atom is -0.311 e. The van der Waals surface area contributed by atoms with Gasteiger partial charge in [-0.1, -0.05) is 138 Å². The normalized spacial score (nSPS) is 12.7. The van der Waals surface area contributed by atoms with Gasteiger partial charge in [-0.15, -0.1) is 0 Å². The predicted molar refractivity (Wildman–Crippen MR) is 178 cm³/mol. The third kappa shape index (κ3) is 6.46. The van der Waals surface area contributed by atoms with Crippen molar-refractivity contribution in [1.82, 2.24) is 0 Å². The van der Waals surface area contributed by atoms with E-state index in [1.54, 1.807) is 0 Å². The molecule has 0 amide bonds. The predicted octanol–water partition coefficient (Wildman–Crippen LogP) is 11.6. The molecule has 5 rings (SSSR count). The molecule has 5 aromatic rings. The second-order valence-electron chi connectivity index (χ2n) is 13.3. The van der Waals surface area contributed by atoms with E-state index >= 15 is 0 Å². The Labute approximate surface area is 247 Å². The molecule has 0 aliphatic heterocycles. The third-order valence-electron chi connectivity index (χ3n) is 7.99. The third-order valence-corrected chi connectivity index (χ3v) is 7.99. The monoisotopic (exact) mass is 537 g/mol. The molecule has 41 heavy (non-hydrogen) atoms. The maximum Gasteiger partial charge on any atom is 0.0461 e. The van der Waals surface area contributed by atoms with Gasteiger partial charge in [-0.05, 0) is 82.0 Å². The summed E-state index contributed by atoms with van der Waals surface area (Å²) in [5.41, 5.74) is 11.5. The molecule has 208 valence electrons. The zero-order valence-electron chi connectivity index (χ0n) is 25.6. The molecule has 1 atom stereocenters. The van der Waals surface area contributed by atoms with Crippen molar-refractivity contribution in [3.05, 3.63) is 150 Å². The highest BCUT2D eigenvalue weighted by atomic mass is 15.1. The molecule has 0 aliphatic carbocycles. The molecule has 0 N–H and O–H groups in total. The second-order valence-corrected chi connectivity index (χ2v) is 13.3. The maximum atomic E-state index is 2.36. The largest absolute Gasteiger partial charge is 0.311 e. The molecule has 1 heteroatoms. The van der Waals surface area contributed by atoms with Crippen LogP contribution in [0.15, 0.2) is 127 Å². The molecule has 0 heterocycles. The van der Waals surface area contributed by atoms with E-state index in [1.165, 1.54) is 39.1 Å². The first kappa shape index (κ1) is 28.4. The highest BCUT2D eigenvalue weighted by molar-refractivity contribution is 5.77. The van der Waals surface area contributed by atoms with Crippen molar-refractivity contribution < 1.29 is 0 Å². The van der Waals surface area contributed by atoms with Crippen LogP contribution in [0.2, 0.25) is 0 Å². The van der Waals surface area contributed by atoms with Crippen molar-refractivity contribution in [2.45, 2.75) is 59.8 Å². The highest BCUT2D eigenvalue weighted by Crippen LogP contribution is 2.43. The van der Waals surface area contributed by atoms with E-state index in [1.807, 2.05) is 0 Å². The minimum absolute atomic E-state index is 0.0647.